The number of carbonyl (C=O) groups excluding carboxylic acids is 2. The molecular weight excluding hydrogens is 388 g/mol. The van der Waals surface area contributed by atoms with Crippen LogP contribution < -0.4 is 15.4 Å². The first-order chi connectivity index (χ1) is 13.9. The highest BCUT2D eigenvalue weighted by molar-refractivity contribution is 6.31. The van der Waals surface area contributed by atoms with Crippen LogP contribution in [0.5, 0.6) is 5.75 Å². The molecule has 0 aromatic heterocycles. The number of hydrogen-bond acceptors (Lipinski definition) is 3. The van der Waals surface area contributed by atoms with Crippen LogP contribution in [0.4, 0.5) is 11.4 Å². The molecule has 6 heteroatoms. The minimum absolute atomic E-state index is 0.0862. The van der Waals surface area contributed by atoms with Crippen molar-refractivity contribution in [2.75, 3.05) is 17.2 Å². The lowest BCUT2D eigenvalue weighted by Crippen LogP contribution is -2.20. The van der Waals surface area contributed by atoms with E-state index in [1.807, 2.05) is 32.0 Å². The Balaban J connectivity index is 1.53. The molecule has 2 N–H and O–H groups in total. The molecule has 0 heterocycles. The molecule has 0 atom stereocenters. The Kier molecular flexibility index (Phi) is 6.52. The number of benzene rings is 3. The van der Waals surface area contributed by atoms with Crippen molar-refractivity contribution >= 4 is 34.8 Å². The average molecular weight is 409 g/mol. The summed E-state index contributed by atoms with van der Waals surface area (Å²) in [6.45, 7) is 3.86. The van der Waals surface area contributed by atoms with E-state index in [1.165, 1.54) is 0 Å². The molecule has 148 valence electrons. The predicted molar refractivity (Wildman–Crippen MR) is 116 cm³/mol. The summed E-state index contributed by atoms with van der Waals surface area (Å²) >= 11 is 5.91. The van der Waals surface area contributed by atoms with Gasteiger partial charge in [0.15, 0.2) is 6.61 Å². The van der Waals surface area contributed by atoms with Crippen molar-refractivity contribution in [2.45, 2.75) is 13.8 Å². The smallest absolute Gasteiger partial charge is 0.262 e. The van der Waals surface area contributed by atoms with Crippen molar-refractivity contribution in [1.82, 2.24) is 0 Å². The molecule has 0 aliphatic rings. The van der Waals surface area contributed by atoms with E-state index in [4.69, 9.17) is 16.3 Å². The number of ether oxygens (including phenoxy) is 1. The first kappa shape index (κ1) is 20.4. The quantitative estimate of drug-likeness (QED) is 0.587. The highest BCUT2D eigenvalue weighted by atomic mass is 35.5. The Morgan fingerprint density at radius 1 is 0.897 bits per heavy atom. The van der Waals surface area contributed by atoms with E-state index >= 15 is 0 Å². The SMILES string of the molecule is Cc1ccc(OCC(=O)Nc2ccc(NC(=O)c3cccc(Cl)c3)cc2)c(C)c1. The molecule has 29 heavy (non-hydrogen) atoms. The summed E-state index contributed by atoms with van der Waals surface area (Å²) in [6.07, 6.45) is 0. The summed E-state index contributed by atoms with van der Waals surface area (Å²) in [5.74, 6) is 0.164. The van der Waals surface area contributed by atoms with Gasteiger partial charge >= 0.3 is 0 Å². The number of hydrogen-bond donors (Lipinski definition) is 2. The van der Waals surface area contributed by atoms with Crippen molar-refractivity contribution in [1.29, 1.82) is 0 Å². The lowest BCUT2D eigenvalue weighted by Gasteiger charge is -2.11. The summed E-state index contributed by atoms with van der Waals surface area (Å²) in [7, 11) is 0. The molecule has 0 saturated carbocycles. The molecule has 0 spiro atoms. The number of amides is 2. The zero-order valence-electron chi connectivity index (χ0n) is 16.2. The number of anilines is 2. The third-order valence-corrected chi connectivity index (χ3v) is 4.44. The lowest BCUT2D eigenvalue weighted by atomic mass is 10.1. The maximum absolute atomic E-state index is 12.2. The lowest BCUT2D eigenvalue weighted by molar-refractivity contribution is -0.118. The van der Waals surface area contributed by atoms with Crippen molar-refractivity contribution < 1.29 is 14.3 Å². The molecule has 0 saturated heterocycles. The minimum atomic E-state index is -0.263. The van der Waals surface area contributed by atoms with Crippen LogP contribution >= 0.6 is 11.6 Å². The molecule has 3 rings (SSSR count). The summed E-state index contributed by atoms with van der Waals surface area (Å²) in [4.78, 5) is 24.4. The van der Waals surface area contributed by atoms with Crippen LogP contribution in [0.3, 0.4) is 0 Å². The first-order valence-corrected chi connectivity index (χ1v) is 9.45. The largest absolute Gasteiger partial charge is 0.483 e. The Hall–Kier alpha value is -3.31. The van der Waals surface area contributed by atoms with E-state index in [-0.39, 0.29) is 18.4 Å². The van der Waals surface area contributed by atoms with E-state index in [9.17, 15) is 9.59 Å². The number of rotatable bonds is 6. The standard InChI is InChI=1S/C23H21ClN2O3/c1-15-6-11-21(16(2)12-15)29-14-22(27)25-19-7-9-20(10-8-19)26-23(28)17-4-3-5-18(24)13-17/h3-13H,14H2,1-2H3,(H,25,27)(H,26,28). The zero-order valence-corrected chi connectivity index (χ0v) is 16.9. The molecule has 3 aromatic rings. The van der Waals surface area contributed by atoms with E-state index < -0.39 is 0 Å². The van der Waals surface area contributed by atoms with E-state index in [1.54, 1.807) is 48.5 Å². The van der Waals surface area contributed by atoms with Gasteiger partial charge in [-0.2, -0.15) is 0 Å². The molecule has 0 fully saturated rings. The molecule has 0 bridgehead atoms. The average Bonchev–Trinajstić information content (AvgIpc) is 2.69. The van der Waals surface area contributed by atoms with Crippen LogP contribution in [0.15, 0.2) is 66.7 Å². The summed E-state index contributed by atoms with van der Waals surface area (Å²) < 4.78 is 5.58. The Bertz CT molecular complexity index is 1030. The highest BCUT2D eigenvalue weighted by Crippen LogP contribution is 2.19. The van der Waals surface area contributed by atoms with Gasteiger partial charge in [0, 0.05) is 22.0 Å². The minimum Gasteiger partial charge on any atom is -0.483 e. The van der Waals surface area contributed by atoms with Gasteiger partial charge in [-0.25, -0.2) is 0 Å². The van der Waals surface area contributed by atoms with Crippen molar-refractivity contribution in [3.8, 4) is 5.75 Å². The fourth-order valence-corrected chi connectivity index (χ4v) is 2.96. The van der Waals surface area contributed by atoms with Gasteiger partial charge in [-0.05, 0) is 67.9 Å². The Morgan fingerprint density at radius 3 is 2.24 bits per heavy atom. The normalized spacial score (nSPS) is 10.3. The van der Waals surface area contributed by atoms with Gasteiger partial charge in [-0.3, -0.25) is 9.59 Å². The molecule has 3 aromatic carbocycles. The highest BCUT2D eigenvalue weighted by Gasteiger charge is 2.08. The number of halogens is 1. The fraction of sp³-hybridized carbons (Fsp3) is 0.130. The third-order valence-electron chi connectivity index (χ3n) is 4.20. The number of carbonyl (C=O) groups is 2. The van der Waals surface area contributed by atoms with Crippen molar-refractivity contribution in [2.24, 2.45) is 0 Å². The van der Waals surface area contributed by atoms with Crippen LogP contribution in [0.25, 0.3) is 0 Å². The molecule has 0 radical (unpaired) electrons. The predicted octanol–water partition coefficient (Wildman–Crippen LogP) is 5.23. The summed E-state index contributed by atoms with van der Waals surface area (Å²) in [5.41, 5.74) is 3.82. The second-order valence-electron chi connectivity index (χ2n) is 6.65. The second-order valence-corrected chi connectivity index (χ2v) is 7.08. The van der Waals surface area contributed by atoms with Gasteiger partial charge < -0.3 is 15.4 Å². The summed E-state index contributed by atoms with van der Waals surface area (Å²) in [5, 5.41) is 6.06. The van der Waals surface area contributed by atoms with Crippen LogP contribution in [0.1, 0.15) is 21.5 Å². The molecule has 5 nitrogen and oxygen atoms in total. The van der Waals surface area contributed by atoms with Gasteiger partial charge in [-0.1, -0.05) is 35.4 Å². The van der Waals surface area contributed by atoms with Crippen molar-refractivity contribution in [3.05, 3.63) is 88.4 Å². The molecule has 2 amide bonds. The van der Waals surface area contributed by atoms with Crippen molar-refractivity contribution in [3.63, 3.8) is 0 Å². The van der Waals surface area contributed by atoms with E-state index in [2.05, 4.69) is 10.6 Å². The van der Waals surface area contributed by atoms with E-state index in [0.717, 1.165) is 11.1 Å². The monoisotopic (exact) mass is 408 g/mol. The zero-order chi connectivity index (χ0) is 20.8. The Morgan fingerprint density at radius 2 is 1.59 bits per heavy atom. The first-order valence-electron chi connectivity index (χ1n) is 9.07. The van der Waals surface area contributed by atoms with Crippen LogP contribution in [-0.2, 0) is 4.79 Å². The second kappa shape index (κ2) is 9.26. The maximum atomic E-state index is 12.2. The topological polar surface area (TPSA) is 67.4 Å². The molecule has 0 aliphatic heterocycles. The fourth-order valence-electron chi connectivity index (χ4n) is 2.77. The molecule has 0 aliphatic carbocycles. The molecular formula is C23H21ClN2O3. The summed E-state index contributed by atoms with van der Waals surface area (Å²) in [6, 6.07) is 19.4. The number of nitrogens with one attached hydrogen (secondary N) is 2. The van der Waals surface area contributed by atoms with Gasteiger partial charge in [-0.15, -0.1) is 0 Å². The molecule has 0 unspecified atom stereocenters. The van der Waals surface area contributed by atoms with Gasteiger partial charge in [0.05, 0.1) is 0 Å². The van der Waals surface area contributed by atoms with Crippen LogP contribution in [0.2, 0.25) is 5.02 Å². The van der Waals surface area contributed by atoms with Gasteiger partial charge in [0.25, 0.3) is 11.8 Å². The van der Waals surface area contributed by atoms with Gasteiger partial charge in [0.1, 0.15) is 5.75 Å². The van der Waals surface area contributed by atoms with Crippen LogP contribution in [0, 0.1) is 13.8 Å². The van der Waals surface area contributed by atoms with Gasteiger partial charge in [0.2, 0.25) is 0 Å². The Labute approximate surface area is 174 Å². The maximum Gasteiger partial charge on any atom is 0.262 e. The number of aryl methyl sites for hydroxylation is 2. The van der Waals surface area contributed by atoms with E-state index in [0.29, 0.717) is 27.7 Å². The van der Waals surface area contributed by atoms with Crippen LogP contribution in [-0.4, -0.2) is 18.4 Å². The third kappa shape index (κ3) is 5.83.